The number of fused-ring (bicyclic) bond motifs is 2. The van der Waals surface area contributed by atoms with Crippen LogP contribution in [0.1, 0.15) is 39.2 Å². The molecule has 0 bridgehead atoms. The number of carbonyl (C=O) groups is 1. The zero-order chi connectivity index (χ0) is 17.6. The van der Waals surface area contributed by atoms with E-state index >= 15 is 0 Å². The molecule has 0 amide bonds. The molecule has 0 spiro atoms. The van der Waals surface area contributed by atoms with Gasteiger partial charge in [-0.2, -0.15) is 0 Å². The van der Waals surface area contributed by atoms with Gasteiger partial charge in [-0.05, 0) is 55.2 Å². The van der Waals surface area contributed by atoms with Crippen molar-refractivity contribution in [2.75, 3.05) is 0 Å². The molecule has 1 heterocycles. The number of benzene rings is 2. The lowest BCUT2D eigenvalue weighted by molar-refractivity contribution is 0.0697. The van der Waals surface area contributed by atoms with Crippen LogP contribution < -0.4 is 5.43 Å². The fourth-order valence-corrected chi connectivity index (χ4v) is 3.23. The molecular weight excluding hydrogens is 316 g/mol. The average Bonchev–Trinajstić information content (AvgIpc) is 3.00. The number of aromatic carboxylic acids is 1. The molecule has 1 aliphatic carbocycles. The highest BCUT2D eigenvalue weighted by molar-refractivity contribution is 5.94. The van der Waals surface area contributed by atoms with Crippen molar-refractivity contribution >= 4 is 28.6 Å². The highest BCUT2D eigenvalue weighted by Crippen LogP contribution is 2.34. The number of hydrogen-bond donors (Lipinski definition) is 1. The van der Waals surface area contributed by atoms with Gasteiger partial charge in [0.05, 0.1) is 10.9 Å². The first-order valence-corrected chi connectivity index (χ1v) is 8.13. The quantitative estimate of drug-likeness (QED) is 0.760. The zero-order valence-electron chi connectivity index (χ0n) is 13.7. The number of hydrogen-bond acceptors (Lipinski definition) is 3. The molecule has 4 rings (SSSR count). The van der Waals surface area contributed by atoms with E-state index in [0.29, 0.717) is 28.7 Å². The van der Waals surface area contributed by atoms with Gasteiger partial charge in [-0.25, -0.2) is 4.79 Å². The second kappa shape index (κ2) is 5.74. The molecule has 0 aliphatic heterocycles. The van der Waals surface area contributed by atoms with Gasteiger partial charge >= 0.3 is 5.97 Å². The Bertz CT molecular complexity index is 1090. The third-order valence-corrected chi connectivity index (χ3v) is 4.59. The van der Waals surface area contributed by atoms with Crippen LogP contribution in [0.25, 0.3) is 22.6 Å². The first kappa shape index (κ1) is 15.4. The van der Waals surface area contributed by atoms with Crippen molar-refractivity contribution in [3.05, 3.63) is 80.7 Å². The van der Waals surface area contributed by atoms with Gasteiger partial charge in [0, 0.05) is 5.56 Å². The lowest BCUT2D eigenvalue weighted by Crippen LogP contribution is -2.09. The molecule has 124 valence electrons. The average molecular weight is 332 g/mol. The van der Waals surface area contributed by atoms with Crippen LogP contribution in [0.4, 0.5) is 0 Å². The van der Waals surface area contributed by atoms with E-state index in [9.17, 15) is 9.59 Å². The van der Waals surface area contributed by atoms with Gasteiger partial charge in [0.2, 0.25) is 0 Å². The Balaban J connectivity index is 1.87. The largest absolute Gasteiger partial charge is 0.478 e. The molecule has 3 aromatic rings. The molecule has 0 atom stereocenters. The first-order valence-electron chi connectivity index (χ1n) is 8.13. The predicted molar refractivity (Wildman–Crippen MR) is 96.8 cm³/mol. The summed E-state index contributed by atoms with van der Waals surface area (Å²) in [5.74, 6) is -0.428. The first-order chi connectivity index (χ1) is 12.0. The standard InChI is InChI=1S/C21H16O4/c1-12-2-4-13(5-3-12)10-14-6-8-16-19(22)17-11-15(21(23)24)7-9-18(17)25-20(14)16/h2-5,7,9-11H,6,8H2,1H3,(H,23,24)/b14-10+. The van der Waals surface area contributed by atoms with E-state index in [0.717, 1.165) is 17.6 Å². The molecule has 1 aromatic heterocycles. The van der Waals surface area contributed by atoms with Gasteiger partial charge < -0.3 is 9.52 Å². The monoisotopic (exact) mass is 332 g/mol. The maximum Gasteiger partial charge on any atom is 0.335 e. The third-order valence-electron chi connectivity index (χ3n) is 4.59. The minimum atomic E-state index is -1.05. The van der Waals surface area contributed by atoms with E-state index in [4.69, 9.17) is 9.52 Å². The number of carboxylic acid groups (broad SMARTS) is 1. The van der Waals surface area contributed by atoms with Gasteiger partial charge in [-0.15, -0.1) is 0 Å². The van der Waals surface area contributed by atoms with Crippen molar-refractivity contribution in [2.45, 2.75) is 19.8 Å². The van der Waals surface area contributed by atoms with Crippen molar-refractivity contribution in [1.82, 2.24) is 0 Å². The maximum absolute atomic E-state index is 12.8. The topological polar surface area (TPSA) is 67.5 Å². The van der Waals surface area contributed by atoms with Crippen LogP contribution in [0.5, 0.6) is 0 Å². The molecule has 0 unspecified atom stereocenters. The predicted octanol–water partition coefficient (Wildman–Crippen LogP) is 4.29. The molecule has 2 aromatic carbocycles. The molecular formula is C21H16O4. The minimum absolute atomic E-state index is 0.0909. The van der Waals surface area contributed by atoms with Crippen LogP contribution >= 0.6 is 0 Å². The van der Waals surface area contributed by atoms with Crippen LogP contribution in [0.15, 0.2) is 51.7 Å². The lowest BCUT2D eigenvalue weighted by atomic mass is 10.1. The highest BCUT2D eigenvalue weighted by atomic mass is 16.4. The lowest BCUT2D eigenvalue weighted by Gasteiger charge is -2.05. The van der Waals surface area contributed by atoms with Gasteiger partial charge in [0.25, 0.3) is 0 Å². The van der Waals surface area contributed by atoms with Crippen LogP contribution in [0.2, 0.25) is 0 Å². The Morgan fingerprint density at radius 2 is 1.88 bits per heavy atom. The molecule has 25 heavy (non-hydrogen) atoms. The molecule has 0 radical (unpaired) electrons. The van der Waals surface area contributed by atoms with E-state index < -0.39 is 5.97 Å². The van der Waals surface area contributed by atoms with Crippen molar-refractivity contribution in [3.63, 3.8) is 0 Å². The van der Waals surface area contributed by atoms with E-state index in [-0.39, 0.29) is 11.0 Å². The van der Waals surface area contributed by atoms with Gasteiger partial charge in [0.1, 0.15) is 11.3 Å². The Morgan fingerprint density at radius 3 is 2.60 bits per heavy atom. The summed E-state index contributed by atoms with van der Waals surface area (Å²) in [6, 6.07) is 12.6. The second-order valence-electron chi connectivity index (χ2n) is 6.34. The second-order valence-corrected chi connectivity index (χ2v) is 6.34. The summed E-state index contributed by atoms with van der Waals surface area (Å²) in [5, 5.41) is 9.44. The van der Waals surface area contributed by atoms with Crippen molar-refractivity contribution in [1.29, 1.82) is 0 Å². The minimum Gasteiger partial charge on any atom is -0.478 e. The van der Waals surface area contributed by atoms with Gasteiger partial charge in [0.15, 0.2) is 5.43 Å². The van der Waals surface area contributed by atoms with E-state index in [1.165, 1.54) is 17.7 Å². The Kier molecular flexibility index (Phi) is 3.53. The van der Waals surface area contributed by atoms with Crippen LogP contribution in [-0.4, -0.2) is 11.1 Å². The third kappa shape index (κ3) is 2.66. The molecule has 0 saturated heterocycles. The molecule has 4 heteroatoms. The van der Waals surface area contributed by atoms with Gasteiger partial charge in [-0.3, -0.25) is 4.79 Å². The maximum atomic E-state index is 12.8. The smallest absolute Gasteiger partial charge is 0.335 e. The zero-order valence-corrected chi connectivity index (χ0v) is 13.7. The van der Waals surface area contributed by atoms with Crippen LogP contribution in [-0.2, 0) is 6.42 Å². The molecule has 0 saturated carbocycles. The molecule has 4 nitrogen and oxygen atoms in total. The van der Waals surface area contributed by atoms with E-state index in [2.05, 4.69) is 0 Å². The number of allylic oxidation sites excluding steroid dienone is 1. The number of aryl methyl sites for hydroxylation is 1. The Hall–Kier alpha value is -3.14. The van der Waals surface area contributed by atoms with Gasteiger partial charge in [-0.1, -0.05) is 29.8 Å². The van der Waals surface area contributed by atoms with E-state index in [1.807, 2.05) is 37.3 Å². The molecule has 1 N–H and O–H groups in total. The SMILES string of the molecule is Cc1ccc(/C=C2\CCc3c2oc2ccc(C(=O)O)cc2c3=O)cc1. The van der Waals surface area contributed by atoms with Crippen LogP contribution in [0, 0.1) is 6.92 Å². The van der Waals surface area contributed by atoms with Crippen molar-refractivity contribution < 1.29 is 14.3 Å². The fraction of sp³-hybridized carbons (Fsp3) is 0.143. The van der Waals surface area contributed by atoms with Crippen LogP contribution in [0.3, 0.4) is 0 Å². The molecule has 1 aliphatic rings. The van der Waals surface area contributed by atoms with E-state index in [1.54, 1.807) is 6.07 Å². The summed E-state index contributed by atoms with van der Waals surface area (Å²) >= 11 is 0. The summed E-state index contributed by atoms with van der Waals surface area (Å²) < 4.78 is 5.97. The van der Waals surface area contributed by atoms with Crippen molar-refractivity contribution in [3.8, 4) is 0 Å². The summed E-state index contributed by atoms with van der Waals surface area (Å²) in [6.45, 7) is 2.04. The fourth-order valence-electron chi connectivity index (χ4n) is 3.23. The Morgan fingerprint density at radius 1 is 1.12 bits per heavy atom. The number of rotatable bonds is 2. The highest BCUT2D eigenvalue weighted by Gasteiger charge is 2.24. The summed E-state index contributed by atoms with van der Waals surface area (Å²) in [4.78, 5) is 23.9. The number of carboxylic acids is 1. The summed E-state index contributed by atoms with van der Waals surface area (Å²) in [5.41, 5.74) is 4.27. The summed E-state index contributed by atoms with van der Waals surface area (Å²) in [7, 11) is 0. The molecule has 0 fully saturated rings. The summed E-state index contributed by atoms with van der Waals surface area (Å²) in [6.07, 6.45) is 3.40. The van der Waals surface area contributed by atoms with Crippen molar-refractivity contribution in [2.24, 2.45) is 0 Å². The Labute approximate surface area is 144 Å². The normalized spacial score (nSPS) is 14.8.